The molecular weight excluding hydrogens is 200 g/mol. The molecule has 1 aliphatic heterocycles. The Morgan fingerprint density at radius 1 is 1.44 bits per heavy atom. The van der Waals surface area contributed by atoms with Crippen LogP contribution in [-0.2, 0) is 6.42 Å². The second-order valence-corrected chi connectivity index (χ2v) is 4.66. The van der Waals surface area contributed by atoms with Gasteiger partial charge in [0.15, 0.2) is 0 Å². The van der Waals surface area contributed by atoms with E-state index in [4.69, 9.17) is 0 Å². The number of carbonyl (C=O) groups is 1. The number of carbonyl (C=O) groups excluding carboxylic acids is 1. The number of anilines is 1. The lowest BCUT2D eigenvalue weighted by atomic mass is 9.97. The molecule has 1 aromatic rings. The highest BCUT2D eigenvalue weighted by Crippen LogP contribution is 2.25. The fourth-order valence-electron chi connectivity index (χ4n) is 2.04. The third-order valence-corrected chi connectivity index (χ3v) is 3.01. The summed E-state index contributed by atoms with van der Waals surface area (Å²) in [7, 11) is 3.56. The molecule has 1 atom stereocenters. The lowest BCUT2D eigenvalue weighted by molar-refractivity contribution is 0.0827. The van der Waals surface area contributed by atoms with Crippen molar-refractivity contribution in [2.75, 3.05) is 19.4 Å². The number of fused-ring (bicyclic) bond motifs is 1. The molecule has 0 unspecified atom stereocenters. The molecule has 0 fully saturated rings. The van der Waals surface area contributed by atoms with Gasteiger partial charge in [0, 0.05) is 31.4 Å². The van der Waals surface area contributed by atoms with Crippen molar-refractivity contribution in [1.29, 1.82) is 0 Å². The molecule has 1 aromatic carbocycles. The van der Waals surface area contributed by atoms with Crippen molar-refractivity contribution < 1.29 is 4.79 Å². The maximum atomic E-state index is 11.8. The highest BCUT2D eigenvalue weighted by atomic mass is 16.2. The van der Waals surface area contributed by atoms with E-state index in [0.717, 1.165) is 18.4 Å². The summed E-state index contributed by atoms with van der Waals surface area (Å²) < 4.78 is 0. The maximum Gasteiger partial charge on any atom is 0.253 e. The van der Waals surface area contributed by atoms with Gasteiger partial charge in [-0.15, -0.1) is 0 Å². The van der Waals surface area contributed by atoms with Gasteiger partial charge >= 0.3 is 0 Å². The van der Waals surface area contributed by atoms with E-state index < -0.39 is 0 Å². The second kappa shape index (κ2) is 4.16. The number of hydrogen-bond acceptors (Lipinski definition) is 2. The first-order valence-electron chi connectivity index (χ1n) is 5.69. The second-order valence-electron chi connectivity index (χ2n) is 4.66. The van der Waals surface area contributed by atoms with Crippen LogP contribution < -0.4 is 5.32 Å². The van der Waals surface area contributed by atoms with Gasteiger partial charge in [-0.1, -0.05) is 0 Å². The van der Waals surface area contributed by atoms with Crippen molar-refractivity contribution in [2.45, 2.75) is 25.8 Å². The highest BCUT2D eigenvalue weighted by Gasteiger charge is 2.16. The van der Waals surface area contributed by atoms with E-state index in [1.165, 1.54) is 11.3 Å². The Morgan fingerprint density at radius 3 is 2.88 bits per heavy atom. The zero-order valence-corrected chi connectivity index (χ0v) is 10.1. The Morgan fingerprint density at radius 2 is 2.19 bits per heavy atom. The molecule has 2 rings (SSSR count). The van der Waals surface area contributed by atoms with Gasteiger partial charge in [0.1, 0.15) is 0 Å². The van der Waals surface area contributed by atoms with Gasteiger partial charge < -0.3 is 10.2 Å². The number of rotatable bonds is 1. The molecule has 1 heterocycles. The van der Waals surface area contributed by atoms with Crippen LogP contribution in [-0.4, -0.2) is 30.9 Å². The predicted octanol–water partition coefficient (Wildman–Crippen LogP) is 2.14. The van der Waals surface area contributed by atoms with Crippen LogP contribution in [0.3, 0.4) is 0 Å². The van der Waals surface area contributed by atoms with Gasteiger partial charge in [0.2, 0.25) is 0 Å². The number of amides is 1. The van der Waals surface area contributed by atoms with Gasteiger partial charge in [0.05, 0.1) is 0 Å². The topological polar surface area (TPSA) is 32.3 Å². The molecule has 1 amide bonds. The fourth-order valence-corrected chi connectivity index (χ4v) is 2.04. The Bertz CT molecular complexity index is 412. The molecule has 0 bridgehead atoms. The lowest BCUT2D eigenvalue weighted by Crippen LogP contribution is -2.24. The molecule has 16 heavy (non-hydrogen) atoms. The average molecular weight is 218 g/mol. The van der Waals surface area contributed by atoms with Gasteiger partial charge in [-0.3, -0.25) is 4.79 Å². The molecule has 0 spiro atoms. The Balaban J connectivity index is 2.29. The largest absolute Gasteiger partial charge is 0.382 e. The fraction of sp³-hybridized carbons (Fsp3) is 0.462. The molecule has 0 saturated carbocycles. The molecule has 86 valence electrons. The summed E-state index contributed by atoms with van der Waals surface area (Å²) in [4.78, 5) is 13.4. The summed E-state index contributed by atoms with van der Waals surface area (Å²) in [6.45, 7) is 2.18. The van der Waals surface area contributed by atoms with E-state index in [9.17, 15) is 4.79 Å². The summed E-state index contributed by atoms with van der Waals surface area (Å²) in [5.74, 6) is 0.0708. The summed E-state index contributed by atoms with van der Waals surface area (Å²) >= 11 is 0. The SMILES string of the molecule is C[C@@H]1CCc2cc(C(=O)N(C)C)ccc2N1. The van der Waals surface area contributed by atoms with Gasteiger partial charge in [-0.2, -0.15) is 0 Å². The van der Waals surface area contributed by atoms with Crippen molar-refractivity contribution >= 4 is 11.6 Å². The Labute approximate surface area is 96.5 Å². The minimum atomic E-state index is 0.0708. The van der Waals surface area contributed by atoms with E-state index in [1.54, 1.807) is 19.0 Å². The zero-order valence-electron chi connectivity index (χ0n) is 10.1. The van der Waals surface area contributed by atoms with Crippen molar-refractivity contribution in [3.8, 4) is 0 Å². The first-order chi connectivity index (χ1) is 7.58. The highest BCUT2D eigenvalue weighted by molar-refractivity contribution is 5.94. The van der Waals surface area contributed by atoms with Crippen LogP contribution in [0.2, 0.25) is 0 Å². The van der Waals surface area contributed by atoms with Crippen molar-refractivity contribution in [1.82, 2.24) is 4.90 Å². The molecule has 3 nitrogen and oxygen atoms in total. The van der Waals surface area contributed by atoms with Crippen molar-refractivity contribution in [3.63, 3.8) is 0 Å². The molecule has 1 aliphatic rings. The Hall–Kier alpha value is -1.51. The summed E-state index contributed by atoms with van der Waals surface area (Å²) in [5.41, 5.74) is 3.21. The van der Waals surface area contributed by atoms with E-state index >= 15 is 0 Å². The molecule has 0 aliphatic carbocycles. The minimum Gasteiger partial charge on any atom is -0.382 e. The van der Waals surface area contributed by atoms with Crippen LogP contribution in [0.1, 0.15) is 29.3 Å². The number of nitrogens with one attached hydrogen (secondary N) is 1. The third kappa shape index (κ3) is 2.03. The molecule has 3 heteroatoms. The number of nitrogens with zero attached hydrogens (tertiary/aromatic N) is 1. The quantitative estimate of drug-likeness (QED) is 0.783. The van der Waals surface area contributed by atoms with E-state index in [2.05, 4.69) is 12.2 Å². The summed E-state index contributed by atoms with van der Waals surface area (Å²) in [6, 6.07) is 6.45. The van der Waals surface area contributed by atoms with Gasteiger partial charge in [-0.05, 0) is 43.5 Å². The molecule has 0 radical (unpaired) electrons. The predicted molar refractivity (Wildman–Crippen MR) is 65.9 cm³/mol. The normalized spacial score (nSPS) is 18.6. The zero-order chi connectivity index (χ0) is 11.7. The Kier molecular flexibility index (Phi) is 2.86. The first-order valence-corrected chi connectivity index (χ1v) is 5.69. The van der Waals surface area contributed by atoms with Crippen LogP contribution in [0.5, 0.6) is 0 Å². The maximum absolute atomic E-state index is 11.8. The van der Waals surface area contributed by atoms with E-state index in [1.807, 2.05) is 18.2 Å². The van der Waals surface area contributed by atoms with E-state index in [0.29, 0.717) is 6.04 Å². The average Bonchev–Trinajstić information content (AvgIpc) is 2.27. The monoisotopic (exact) mass is 218 g/mol. The molecular formula is C13H18N2O. The molecule has 0 saturated heterocycles. The smallest absolute Gasteiger partial charge is 0.253 e. The number of benzene rings is 1. The summed E-state index contributed by atoms with van der Waals surface area (Å²) in [5, 5.41) is 3.43. The van der Waals surface area contributed by atoms with E-state index in [-0.39, 0.29) is 5.91 Å². The van der Waals surface area contributed by atoms with Crippen molar-refractivity contribution in [2.24, 2.45) is 0 Å². The van der Waals surface area contributed by atoms with Crippen LogP contribution in [0, 0.1) is 0 Å². The molecule has 0 aromatic heterocycles. The third-order valence-electron chi connectivity index (χ3n) is 3.01. The standard InChI is InChI=1S/C13H18N2O/c1-9-4-5-10-8-11(13(16)15(2)3)6-7-12(10)14-9/h6-9,14H,4-5H2,1-3H3/t9-/m1/s1. The lowest BCUT2D eigenvalue weighted by Gasteiger charge is -2.24. The number of aryl methyl sites for hydroxylation is 1. The molecule has 1 N–H and O–H groups in total. The van der Waals surface area contributed by atoms with Crippen LogP contribution in [0.25, 0.3) is 0 Å². The van der Waals surface area contributed by atoms with Crippen LogP contribution >= 0.6 is 0 Å². The summed E-state index contributed by atoms with van der Waals surface area (Å²) in [6.07, 6.45) is 2.19. The van der Waals surface area contributed by atoms with Crippen LogP contribution in [0.4, 0.5) is 5.69 Å². The first kappa shape index (κ1) is 11.0. The van der Waals surface area contributed by atoms with Crippen molar-refractivity contribution in [3.05, 3.63) is 29.3 Å². The van der Waals surface area contributed by atoms with Crippen LogP contribution in [0.15, 0.2) is 18.2 Å². The van der Waals surface area contributed by atoms with Gasteiger partial charge in [0.25, 0.3) is 5.91 Å². The van der Waals surface area contributed by atoms with Gasteiger partial charge in [-0.25, -0.2) is 0 Å². The minimum absolute atomic E-state index is 0.0708. The number of hydrogen-bond donors (Lipinski definition) is 1.